The molecule has 5 rings (SSSR count). The molecule has 5 heterocycles. The summed E-state index contributed by atoms with van der Waals surface area (Å²) < 4.78 is 0. The molecule has 2 unspecified atom stereocenters. The van der Waals surface area contributed by atoms with Crippen molar-refractivity contribution >= 4 is 23.2 Å². The summed E-state index contributed by atoms with van der Waals surface area (Å²) in [6, 6.07) is 3.16. The second kappa shape index (κ2) is 7.79. The summed E-state index contributed by atoms with van der Waals surface area (Å²) in [6.45, 7) is 5.06. The van der Waals surface area contributed by atoms with Gasteiger partial charge in [-0.25, -0.2) is 0 Å². The molecule has 0 radical (unpaired) electrons. The van der Waals surface area contributed by atoms with Gasteiger partial charge in [-0.1, -0.05) is 0 Å². The third kappa shape index (κ3) is 3.61. The van der Waals surface area contributed by atoms with Crippen LogP contribution in [-0.2, 0) is 16.0 Å². The monoisotopic (exact) mass is 401 g/mol. The Morgan fingerprint density at radius 2 is 2.00 bits per heavy atom. The standard InChI is InChI=1S/C22H31N3O2S/c26-21-3-1-2-20-18-10-17(13-25(20)21)12-24(14-18)19-4-7-23(8-5-19)22(27)11-16-6-9-28-15-16/h6,9,15,17-20H,1-5,7-8,10-14H2/t17?,18?,20-/m1/s1. The predicted octanol–water partition coefficient (Wildman–Crippen LogP) is 2.61. The first-order chi connectivity index (χ1) is 13.7. The van der Waals surface area contributed by atoms with Crippen molar-refractivity contribution in [2.45, 2.75) is 57.0 Å². The Kier molecular flexibility index (Phi) is 5.18. The Morgan fingerprint density at radius 1 is 1.14 bits per heavy atom. The highest BCUT2D eigenvalue weighted by atomic mass is 32.1. The van der Waals surface area contributed by atoms with Crippen molar-refractivity contribution in [2.24, 2.45) is 11.8 Å². The van der Waals surface area contributed by atoms with Crippen LogP contribution in [0.25, 0.3) is 0 Å². The van der Waals surface area contributed by atoms with Gasteiger partial charge in [0.1, 0.15) is 0 Å². The number of fused-ring (bicyclic) bond motifs is 4. The van der Waals surface area contributed by atoms with Gasteiger partial charge >= 0.3 is 0 Å². The molecule has 0 N–H and O–H groups in total. The Bertz CT molecular complexity index is 713. The van der Waals surface area contributed by atoms with Crippen LogP contribution in [0.15, 0.2) is 16.8 Å². The fraction of sp³-hybridized carbons (Fsp3) is 0.727. The van der Waals surface area contributed by atoms with Crippen molar-refractivity contribution in [3.05, 3.63) is 22.4 Å². The maximum atomic E-state index is 12.6. The third-order valence-corrected chi connectivity index (χ3v) is 8.21. The Hall–Kier alpha value is -1.40. The lowest BCUT2D eigenvalue weighted by Gasteiger charge is -2.54. The SMILES string of the molecule is O=C(Cc1ccsc1)N1CCC(N2CC3CC(C2)[C@H]2CCCC(=O)N2C3)CC1. The van der Waals surface area contributed by atoms with Gasteiger partial charge in [-0.05, 0) is 66.3 Å². The summed E-state index contributed by atoms with van der Waals surface area (Å²) in [7, 11) is 0. The number of amides is 2. The number of rotatable bonds is 3. The summed E-state index contributed by atoms with van der Waals surface area (Å²) in [5.41, 5.74) is 1.15. The van der Waals surface area contributed by atoms with Crippen LogP contribution in [0.5, 0.6) is 0 Å². The van der Waals surface area contributed by atoms with E-state index >= 15 is 0 Å². The van der Waals surface area contributed by atoms with Crippen LogP contribution in [0, 0.1) is 11.8 Å². The quantitative estimate of drug-likeness (QED) is 0.782. The molecule has 0 saturated carbocycles. The number of hydrogen-bond donors (Lipinski definition) is 0. The van der Waals surface area contributed by atoms with E-state index in [1.165, 1.54) is 12.8 Å². The molecule has 2 amide bonds. The van der Waals surface area contributed by atoms with Crippen LogP contribution < -0.4 is 0 Å². The minimum Gasteiger partial charge on any atom is -0.342 e. The van der Waals surface area contributed by atoms with Crippen molar-refractivity contribution in [3.8, 4) is 0 Å². The van der Waals surface area contributed by atoms with Gasteiger partial charge in [0.15, 0.2) is 0 Å². The number of hydrogen-bond acceptors (Lipinski definition) is 4. The lowest BCUT2D eigenvalue weighted by molar-refractivity contribution is -0.146. The molecule has 6 heteroatoms. The summed E-state index contributed by atoms with van der Waals surface area (Å²) >= 11 is 1.66. The second-order valence-corrected chi connectivity index (χ2v) is 10.0. The Balaban J connectivity index is 1.16. The van der Waals surface area contributed by atoms with Crippen molar-refractivity contribution in [3.63, 3.8) is 0 Å². The van der Waals surface area contributed by atoms with Crippen molar-refractivity contribution in [1.29, 1.82) is 0 Å². The van der Waals surface area contributed by atoms with Gasteiger partial charge in [-0.15, -0.1) is 0 Å². The number of carbonyl (C=O) groups excluding carboxylic acids is 2. The largest absolute Gasteiger partial charge is 0.342 e. The second-order valence-electron chi connectivity index (χ2n) is 9.24. The molecule has 4 aliphatic heterocycles. The minimum atomic E-state index is 0.281. The van der Waals surface area contributed by atoms with E-state index in [0.717, 1.165) is 64.0 Å². The van der Waals surface area contributed by atoms with Gasteiger partial charge in [0, 0.05) is 51.2 Å². The molecule has 28 heavy (non-hydrogen) atoms. The zero-order chi connectivity index (χ0) is 19.1. The zero-order valence-electron chi connectivity index (χ0n) is 16.6. The molecule has 2 bridgehead atoms. The van der Waals surface area contributed by atoms with Gasteiger partial charge in [0.2, 0.25) is 11.8 Å². The molecule has 152 valence electrons. The first kappa shape index (κ1) is 18.6. The Labute approximate surface area is 171 Å². The van der Waals surface area contributed by atoms with Crippen LogP contribution >= 0.6 is 11.3 Å². The van der Waals surface area contributed by atoms with Crippen LogP contribution in [-0.4, -0.2) is 71.3 Å². The average Bonchev–Trinajstić information content (AvgIpc) is 3.22. The van der Waals surface area contributed by atoms with E-state index in [1.807, 2.05) is 5.38 Å². The summed E-state index contributed by atoms with van der Waals surface area (Å²) in [5, 5.41) is 4.12. The van der Waals surface area contributed by atoms with E-state index in [4.69, 9.17) is 0 Å². The maximum absolute atomic E-state index is 12.6. The minimum absolute atomic E-state index is 0.281. The third-order valence-electron chi connectivity index (χ3n) is 7.48. The van der Waals surface area contributed by atoms with Crippen LogP contribution in [0.4, 0.5) is 0 Å². The highest BCUT2D eigenvalue weighted by Gasteiger charge is 2.45. The summed E-state index contributed by atoms with van der Waals surface area (Å²) in [4.78, 5) is 31.9. The topological polar surface area (TPSA) is 43.9 Å². The molecule has 0 aliphatic carbocycles. The molecule has 3 atom stereocenters. The predicted molar refractivity (Wildman–Crippen MR) is 110 cm³/mol. The van der Waals surface area contributed by atoms with E-state index < -0.39 is 0 Å². The van der Waals surface area contributed by atoms with Crippen molar-refractivity contribution in [1.82, 2.24) is 14.7 Å². The molecular weight excluding hydrogens is 370 g/mol. The number of piperidine rings is 4. The number of nitrogens with zero attached hydrogens (tertiary/aromatic N) is 3. The van der Waals surface area contributed by atoms with Gasteiger partial charge in [0.05, 0.1) is 6.42 Å². The zero-order valence-corrected chi connectivity index (χ0v) is 17.4. The maximum Gasteiger partial charge on any atom is 0.227 e. The van der Waals surface area contributed by atoms with Crippen molar-refractivity contribution < 1.29 is 9.59 Å². The van der Waals surface area contributed by atoms with Crippen LogP contribution in [0.1, 0.15) is 44.1 Å². The highest BCUT2D eigenvalue weighted by molar-refractivity contribution is 7.08. The van der Waals surface area contributed by atoms with E-state index in [2.05, 4.69) is 26.1 Å². The van der Waals surface area contributed by atoms with Gasteiger partial charge < -0.3 is 9.80 Å². The van der Waals surface area contributed by atoms with Gasteiger partial charge in [-0.3, -0.25) is 14.5 Å². The molecule has 1 aromatic heterocycles. The number of likely N-dealkylation sites (tertiary alicyclic amines) is 2. The summed E-state index contributed by atoms with van der Waals surface area (Å²) in [6.07, 6.45) is 7.09. The highest BCUT2D eigenvalue weighted by Crippen LogP contribution is 2.39. The van der Waals surface area contributed by atoms with Crippen LogP contribution in [0.2, 0.25) is 0 Å². The first-order valence-corrected chi connectivity index (χ1v) is 11.9. The van der Waals surface area contributed by atoms with E-state index in [0.29, 0.717) is 36.2 Å². The van der Waals surface area contributed by atoms with Crippen molar-refractivity contribution in [2.75, 3.05) is 32.7 Å². The number of thiophene rings is 1. The first-order valence-electron chi connectivity index (χ1n) is 11.0. The molecule has 4 fully saturated rings. The molecule has 5 nitrogen and oxygen atoms in total. The molecule has 1 aromatic rings. The molecule has 4 saturated heterocycles. The van der Waals surface area contributed by atoms with Gasteiger partial charge in [-0.2, -0.15) is 11.3 Å². The number of carbonyl (C=O) groups is 2. The van der Waals surface area contributed by atoms with Gasteiger partial charge in [0.25, 0.3) is 0 Å². The molecule has 0 aromatic carbocycles. The van der Waals surface area contributed by atoms with E-state index in [9.17, 15) is 9.59 Å². The fourth-order valence-electron chi connectivity index (χ4n) is 6.11. The normalized spacial score (nSPS) is 31.7. The lowest BCUT2D eigenvalue weighted by Crippen LogP contribution is -2.62. The van der Waals surface area contributed by atoms with Crippen LogP contribution in [0.3, 0.4) is 0 Å². The molecular formula is C22H31N3O2S. The lowest BCUT2D eigenvalue weighted by atomic mass is 9.75. The summed E-state index contributed by atoms with van der Waals surface area (Å²) in [5.74, 6) is 1.99. The average molecular weight is 402 g/mol. The molecule has 0 spiro atoms. The van der Waals surface area contributed by atoms with E-state index in [-0.39, 0.29) is 5.91 Å². The fourth-order valence-corrected chi connectivity index (χ4v) is 6.77. The smallest absolute Gasteiger partial charge is 0.227 e. The molecule has 4 aliphatic rings. The van der Waals surface area contributed by atoms with E-state index in [1.54, 1.807) is 11.3 Å². The Morgan fingerprint density at radius 3 is 2.79 bits per heavy atom.